The molecule has 3 amide bonds. The SMILES string of the molecule is [2H]C([2H])([2H])NC(=O)c1nnc(NC(=O)C2CC2)cc1Nc1cc(F)cc(-c2ncc(C(=O)N(C)C)cn2)c1OC. The molecule has 1 saturated carbocycles. The number of amides is 3. The van der Waals surface area contributed by atoms with Gasteiger partial charge in [0.1, 0.15) is 5.82 Å². The van der Waals surface area contributed by atoms with Gasteiger partial charge in [-0.1, -0.05) is 0 Å². The Balaban J connectivity index is 1.74. The Morgan fingerprint density at radius 1 is 1.11 bits per heavy atom. The highest BCUT2D eigenvalue weighted by atomic mass is 19.1. The Bertz CT molecular complexity index is 1460. The van der Waals surface area contributed by atoms with Crippen molar-refractivity contribution in [3.05, 3.63) is 47.7 Å². The Kier molecular flexibility index (Phi) is 6.14. The van der Waals surface area contributed by atoms with Crippen molar-refractivity contribution in [2.24, 2.45) is 5.92 Å². The number of methoxy groups -OCH3 is 1. The van der Waals surface area contributed by atoms with E-state index in [9.17, 15) is 18.8 Å². The molecule has 0 spiro atoms. The molecule has 13 heteroatoms. The third-order valence-electron chi connectivity index (χ3n) is 5.39. The van der Waals surface area contributed by atoms with Gasteiger partial charge in [0, 0.05) is 55.6 Å². The van der Waals surface area contributed by atoms with Crippen LogP contribution in [-0.2, 0) is 4.79 Å². The van der Waals surface area contributed by atoms with Crippen LogP contribution in [0.15, 0.2) is 30.6 Å². The van der Waals surface area contributed by atoms with Gasteiger partial charge < -0.3 is 25.6 Å². The summed E-state index contributed by atoms with van der Waals surface area (Å²) in [7, 11) is 4.47. The van der Waals surface area contributed by atoms with Crippen LogP contribution in [0, 0.1) is 11.7 Å². The molecule has 37 heavy (non-hydrogen) atoms. The maximum absolute atomic E-state index is 14.8. The molecule has 3 N–H and O–H groups in total. The molecular formula is C24H25FN8O4. The molecular weight excluding hydrogens is 483 g/mol. The minimum atomic E-state index is -2.82. The topological polar surface area (TPSA) is 151 Å². The zero-order chi connectivity index (χ0) is 29.2. The van der Waals surface area contributed by atoms with Crippen LogP contribution in [0.4, 0.5) is 21.6 Å². The van der Waals surface area contributed by atoms with Crippen molar-refractivity contribution in [2.75, 3.05) is 38.8 Å². The van der Waals surface area contributed by atoms with Crippen molar-refractivity contribution in [3.8, 4) is 17.1 Å². The largest absolute Gasteiger partial charge is 0.494 e. The van der Waals surface area contributed by atoms with Crippen LogP contribution in [-0.4, -0.2) is 71.0 Å². The minimum absolute atomic E-state index is 0.00458. The van der Waals surface area contributed by atoms with Crippen LogP contribution >= 0.6 is 0 Å². The van der Waals surface area contributed by atoms with Gasteiger partial charge in [0.2, 0.25) is 5.91 Å². The zero-order valence-corrected chi connectivity index (χ0v) is 20.1. The molecule has 0 unspecified atom stereocenters. The van der Waals surface area contributed by atoms with Crippen molar-refractivity contribution in [1.82, 2.24) is 30.4 Å². The van der Waals surface area contributed by atoms with Gasteiger partial charge in [-0.2, -0.15) is 0 Å². The summed E-state index contributed by atoms with van der Waals surface area (Å²) in [5.41, 5.74) is -0.186. The number of nitrogens with zero attached hydrogens (tertiary/aromatic N) is 5. The fourth-order valence-electron chi connectivity index (χ4n) is 3.40. The smallest absolute Gasteiger partial charge is 0.273 e. The number of halogens is 1. The number of ether oxygens (including phenoxy) is 1. The average Bonchev–Trinajstić information content (AvgIpc) is 3.73. The lowest BCUT2D eigenvalue weighted by molar-refractivity contribution is -0.117. The van der Waals surface area contributed by atoms with Crippen molar-refractivity contribution < 1.29 is 27.6 Å². The predicted molar refractivity (Wildman–Crippen MR) is 132 cm³/mol. The Labute approximate surface area is 215 Å². The number of anilines is 3. The summed E-state index contributed by atoms with van der Waals surface area (Å²) in [5.74, 6) is -2.47. The first-order chi connectivity index (χ1) is 18.9. The summed E-state index contributed by atoms with van der Waals surface area (Å²) < 4.78 is 42.4. The molecule has 0 bridgehead atoms. The number of carbonyl (C=O) groups excluding carboxylic acids is 3. The Hall–Kier alpha value is -4.68. The van der Waals surface area contributed by atoms with Crippen molar-refractivity contribution in [1.29, 1.82) is 0 Å². The zero-order valence-electron chi connectivity index (χ0n) is 23.1. The maximum Gasteiger partial charge on any atom is 0.273 e. The summed E-state index contributed by atoms with van der Waals surface area (Å²) in [4.78, 5) is 46.8. The van der Waals surface area contributed by atoms with Gasteiger partial charge in [0.15, 0.2) is 23.1 Å². The number of aromatic nitrogens is 4. The molecule has 192 valence electrons. The van der Waals surface area contributed by atoms with E-state index in [4.69, 9.17) is 8.85 Å². The lowest BCUT2D eigenvalue weighted by atomic mass is 10.1. The summed E-state index contributed by atoms with van der Waals surface area (Å²) in [5, 5.41) is 14.9. The molecule has 0 radical (unpaired) electrons. The third kappa shape index (κ3) is 5.60. The first-order valence-corrected chi connectivity index (χ1v) is 11.1. The van der Waals surface area contributed by atoms with E-state index in [0.717, 1.165) is 25.0 Å². The van der Waals surface area contributed by atoms with E-state index in [1.165, 1.54) is 30.5 Å². The maximum atomic E-state index is 14.8. The number of nitrogens with one attached hydrogen (secondary N) is 3. The number of hydrogen-bond acceptors (Lipinski definition) is 9. The number of hydrogen-bond donors (Lipinski definition) is 3. The lowest BCUT2D eigenvalue weighted by Crippen LogP contribution is -2.22. The van der Waals surface area contributed by atoms with Crippen molar-refractivity contribution in [2.45, 2.75) is 12.8 Å². The summed E-state index contributed by atoms with van der Waals surface area (Å²) in [6.07, 6.45) is 4.06. The van der Waals surface area contributed by atoms with E-state index in [2.05, 4.69) is 30.8 Å². The van der Waals surface area contributed by atoms with Crippen LogP contribution in [0.3, 0.4) is 0 Å². The summed E-state index contributed by atoms with van der Waals surface area (Å²) in [6, 6.07) is 3.46. The highest BCUT2D eigenvalue weighted by molar-refractivity contribution is 6.00. The summed E-state index contributed by atoms with van der Waals surface area (Å²) >= 11 is 0. The second-order valence-corrected chi connectivity index (χ2v) is 8.36. The molecule has 12 nitrogen and oxygen atoms in total. The van der Waals surface area contributed by atoms with Gasteiger partial charge in [-0.25, -0.2) is 14.4 Å². The van der Waals surface area contributed by atoms with Gasteiger partial charge in [-0.05, 0) is 18.9 Å². The van der Waals surface area contributed by atoms with E-state index in [-0.39, 0.29) is 57.6 Å². The van der Waals surface area contributed by atoms with Gasteiger partial charge in [-0.15, -0.1) is 10.2 Å². The normalized spacial score (nSPS) is 14.0. The standard InChI is InChI=1S/C24H25FN8O4/c1-26-23(35)19-16(9-18(31-32-19)30-22(34)12-5-6-12)29-17-8-14(25)7-15(20(17)37-4)21-27-10-13(11-28-21)24(36)33(2)3/h7-12H,5-6H2,1-4H3,(H,26,35)(H2,29,30,31,34)/i1D3. The third-order valence-corrected chi connectivity index (χ3v) is 5.39. The molecule has 1 aliphatic rings. The van der Waals surface area contributed by atoms with E-state index in [0.29, 0.717) is 0 Å². The molecule has 0 aliphatic heterocycles. The van der Waals surface area contributed by atoms with Crippen LogP contribution in [0.1, 0.15) is 37.8 Å². The van der Waals surface area contributed by atoms with Gasteiger partial charge in [0.05, 0.1) is 29.6 Å². The van der Waals surface area contributed by atoms with Crippen molar-refractivity contribution in [3.63, 3.8) is 0 Å². The highest BCUT2D eigenvalue weighted by Crippen LogP contribution is 2.38. The lowest BCUT2D eigenvalue weighted by Gasteiger charge is -2.17. The first kappa shape index (κ1) is 21.6. The molecule has 4 rings (SSSR count). The van der Waals surface area contributed by atoms with Gasteiger partial charge in [0.25, 0.3) is 11.8 Å². The molecule has 0 saturated heterocycles. The quantitative estimate of drug-likeness (QED) is 0.413. The Morgan fingerprint density at radius 2 is 1.84 bits per heavy atom. The van der Waals surface area contributed by atoms with Crippen LogP contribution in [0.5, 0.6) is 5.75 Å². The molecule has 1 fully saturated rings. The van der Waals surface area contributed by atoms with Gasteiger partial charge >= 0.3 is 0 Å². The second kappa shape index (κ2) is 10.5. The van der Waals surface area contributed by atoms with Crippen LogP contribution in [0.2, 0.25) is 0 Å². The molecule has 3 aromatic rings. The Morgan fingerprint density at radius 3 is 2.46 bits per heavy atom. The molecule has 1 aromatic carbocycles. The number of benzene rings is 1. The minimum Gasteiger partial charge on any atom is -0.494 e. The van der Waals surface area contributed by atoms with Crippen molar-refractivity contribution >= 4 is 34.9 Å². The fourth-order valence-corrected chi connectivity index (χ4v) is 3.40. The fraction of sp³-hybridized carbons (Fsp3) is 0.292. The average molecular weight is 512 g/mol. The number of rotatable bonds is 8. The molecule has 1 aliphatic carbocycles. The van der Waals surface area contributed by atoms with Crippen LogP contribution in [0.25, 0.3) is 11.4 Å². The molecule has 2 aromatic heterocycles. The summed E-state index contributed by atoms with van der Waals surface area (Å²) in [6.45, 7) is -2.82. The molecule has 0 atom stereocenters. The molecule has 2 heterocycles. The second-order valence-electron chi connectivity index (χ2n) is 8.36. The van der Waals surface area contributed by atoms with E-state index in [1.807, 2.05) is 5.32 Å². The number of carbonyl (C=O) groups is 3. The highest BCUT2D eigenvalue weighted by Gasteiger charge is 2.30. The monoisotopic (exact) mass is 511 g/mol. The van der Waals surface area contributed by atoms with E-state index < -0.39 is 24.4 Å². The van der Waals surface area contributed by atoms with E-state index >= 15 is 0 Å². The van der Waals surface area contributed by atoms with E-state index in [1.54, 1.807) is 14.1 Å². The van der Waals surface area contributed by atoms with Gasteiger partial charge in [-0.3, -0.25) is 14.4 Å². The predicted octanol–water partition coefficient (Wildman–Crippen LogP) is 2.23. The van der Waals surface area contributed by atoms with Crippen LogP contribution < -0.4 is 20.7 Å². The first-order valence-electron chi connectivity index (χ1n) is 12.6.